The fraction of sp³-hybridized carbons (Fsp3) is 0.161. The number of phenolic OH excluding ortho intramolecular Hbond substituents is 2. The van der Waals surface area contributed by atoms with E-state index < -0.39 is 62.9 Å². The van der Waals surface area contributed by atoms with Crippen LogP contribution in [0.3, 0.4) is 0 Å². The number of phenols is 2. The highest BCUT2D eigenvalue weighted by Crippen LogP contribution is 2.22. The molecular formula is C31H22N4O11S. The van der Waals surface area contributed by atoms with Crippen LogP contribution in [0.1, 0.15) is 26.3 Å². The molecule has 3 aromatic rings. The van der Waals surface area contributed by atoms with Gasteiger partial charge in [-0.05, 0) is 49.4 Å². The van der Waals surface area contributed by atoms with Gasteiger partial charge < -0.3 is 29.2 Å². The van der Waals surface area contributed by atoms with Crippen LogP contribution in [0.2, 0.25) is 0 Å². The summed E-state index contributed by atoms with van der Waals surface area (Å²) in [7, 11) is -4.68. The Balaban J connectivity index is 1.84. The molecule has 0 unspecified atom stereocenters. The van der Waals surface area contributed by atoms with E-state index >= 15 is 0 Å². The van der Waals surface area contributed by atoms with Crippen molar-refractivity contribution >= 4 is 33.5 Å². The lowest BCUT2D eigenvalue weighted by Crippen LogP contribution is -2.23. The lowest BCUT2D eigenvalue weighted by molar-refractivity contribution is 0.0436. The van der Waals surface area contributed by atoms with E-state index in [-0.39, 0.29) is 46.5 Å². The molecule has 0 fully saturated rings. The van der Waals surface area contributed by atoms with Gasteiger partial charge in [0.05, 0.1) is 30.2 Å². The van der Waals surface area contributed by atoms with Crippen molar-refractivity contribution in [3.63, 3.8) is 0 Å². The van der Waals surface area contributed by atoms with Gasteiger partial charge in [-0.3, -0.25) is 4.55 Å². The Kier molecular flexibility index (Phi) is 11.4. The molecule has 0 saturated carbocycles. The van der Waals surface area contributed by atoms with E-state index in [1.54, 1.807) is 25.1 Å². The van der Waals surface area contributed by atoms with Crippen LogP contribution in [-0.2, 0) is 19.6 Å². The molecule has 0 amide bonds. The molecule has 47 heavy (non-hydrogen) atoms. The highest BCUT2D eigenvalue weighted by atomic mass is 32.2. The summed E-state index contributed by atoms with van der Waals surface area (Å²) in [5, 5.41) is 38.7. The Labute approximate surface area is 267 Å². The third-order valence-corrected chi connectivity index (χ3v) is 6.88. The van der Waals surface area contributed by atoms with Crippen LogP contribution in [0.4, 0.5) is 0 Å². The number of hydrogen-bond acceptors (Lipinski definition) is 12. The monoisotopic (exact) mass is 658 g/mol. The minimum atomic E-state index is -4.68. The number of carbonyl (C=O) groups excluding carboxylic acids is 2. The van der Waals surface area contributed by atoms with Crippen molar-refractivity contribution in [1.82, 2.24) is 0 Å². The molecule has 16 heteroatoms. The number of nitriles is 2. The molecule has 0 spiro atoms. The molecular weight excluding hydrogens is 636 g/mol. The van der Waals surface area contributed by atoms with E-state index in [0.29, 0.717) is 11.6 Å². The fourth-order valence-corrected chi connectivity index (χ4v) is 4.35. The largest absolute Gasteiger partial charge is 0.507 e. The van der Waals surface area contributed by atoms with E-state index in [4.69, 9.17) is 32.1 Å². The first-order chi connectivity index (χ1) is 22.3. The van der Waals surface area contributed by atoms with Crippen molar-refractivity contribution < 1.29 is 51.7 Å². The van der Waals surface area contributed by atoms with Crippen LogP contribution < -0.4 is 19.9 Å². The third kappa shape index (κ3) is 8.75. The fourth-order valence-electron chi connectivity index (χ4n) is 3.84. The van der Waals surface area contributed by atoms with Gasteiger partial charge in [0, 0.05) is 10.4 Å². The maximum absolute atomic E-state index is 12.4. The minimum absolute atomic E-state index is 0.0676. The quantitative estimate of drug-likeness (QED) is 0.117. The van der Waals surface area contributed by atoms with Gasteiger partial charge in [0.15, 0.2) is 0 Å². The normalized spacial score (nSPS) is 11.8. The molecule has 0 aliphatic heterocycles. The van der Waals surface area contributed by atoms with Crippen molar-refractivity contribution in [1.29, 1.82) is 10.5 Å². The topological polar surface area (TPSA) is 222 Å². The minimum Gasteiger partial charge on any atom is -0.507 e. The summed E-state index contributed by atoms with van der Waals surface area (Å²) < 4.78 is 53.4. The van der Waals surface area contributed by atoms with Crippen molar-refractivity contribution in [2.24, 2.45) is 0 Å². The van der Waals surface area contributed by atoms with Crippen LogP contribution >= 0.6 is 0 Å². The number of rotatable bonds is 11. The SMILES string of the molecule is [C-]#[N+]/C(C#N)=c1/cc(OCCOC(=O)c2cc(S(=O)(=O)O)ccc2O)/c(=C(\C#N)[N+]#[C-])cc1OCCOC(=O)c1cc(C)ccc1O. The maximum Gasteiger partial charge on any atom is 0.342 e. The zero-order chi connectivity index (χ0) is 34.7. The molecule has 0 radical (unpaired) electrons. The number of aromatic hydroxyl groups is 2. The molecule has 3 aromatic carbocycles. The highest BCUT2D eigenvalue weighted by Gasteiger charge is 2.19. The second-order valence-corrected chi connectivity index (χ2v) is 10.6. The van der Waals surface area contributed by atoms with E-state index in [2.05, 4.69) is 9.69 Å². The van der Waals surface area contributed by atoms with Gasteiger partial charge in [0.2, 0.25) is 0 Å². The summed E-state index contributed by atoms with van der Waals surface area (Å²) >= 11 is 0. The number of aryl methyl sites for hydroxylation is 1. The molecule has 0 saturated heterocycles. The second-order valence-electron chi connectivity index (χ2n) is 9.13. The molecule has 3 N–H and O–H groups in total. The molecule has 0 aromatic heterocycles. The van der Waals surface area contributed by atoms with Crippen LogP contribution in [-0.4, -0.2) is 61.5 Å². The molecule has 238 valence electrons. The molecule has 0 atom stereocenters. The van der Waals surface area contributed by atoms with Gasteiger partial charge in [-0.25, -0.2) is 29.8 Å². The smallest absolute Gasteiger partial charge is 0.342 e. The van der Waals surface area contributed by atoms with Gasteiger partial charge in [0.25, 0.3) is 21.5 Å². The standard InChI is InChI=1S/C31H22N4O11S/c1-18-4-6-26(36)22(12-18)30(38)45-10-8-43-28-14-21(25(17-33)35-3)29(15-20(28)24(16-32)34-2)44-9-11-46-31(39)23-13-19(47(40,41)42)5-7-27(23)37/h4-7,12-15,36-37H,8-11H2,1H3,(H,40,41,42)/b24-20-,25-21+. The summed E-state index contributed by atoms with van der Waals surface area (Å²) in [6.07, 6.45) is 0. The number of ether oxygens (including phenoxy) is 4. The first-order valence-corrected chi connectivity index (χ1v) is 14.5. The Morgan fingerprint density at radius 1 is 0.766 bits per heavy atom. The highest BCUT2D eigenvalue weighted by molar-refractivity contribution is 7.85. The third-order valence-electron chi connectivity index (χ3n) is 6.03. The molecule has 15 nitrogen and oxygen atoms in total. The number of esters is 2. The van der Waals surface area contributed by atoms with Crippen LogP contribution in [0.15, 0.2) is 53.4 Å². The number of hydrogen-bond donors (Lipinski definition) is 3. The summed E-state index contributed by atoms with van der Waals surface area (Å²) in [6.45, 7) is 14.9. The Morgan fingerprint density at radius 2 is 1.21 bits per heavy atom. The van der Waals surface area contributed by atoms with Gasteiger partial charge in [-0.1, -0.05) is 11.6 Å². The Hall–Kier alpha value is -6.59. The van der Waals surface area contributed by atoms with Crippen LogP contribution in [0.25, 0.3) is 21.1 Å². The summed E-state index contributed by atoms with van der Waals surface area (Å²) in [5.74, 6) is -3.22. The lowest BCUT2D eigenvalue weighted by Gasteiger charge is -2.13. The number of benzene rings is 3. The maximum atomic E-state index is 12.4. The van der Waals surface area contributed by atoms with Gasteiger partial charge in [0.1, 0.15) is 60.6 Å². The molecule has 0 heterocycles. The van der Waals surface area contributed by atoms with Crippen molar-refractivity contribution in [2.45, 2.75) is 11.8 Å². The average Bonchev–Trinajstić information content (AvgIpc) is 3.04. The first-order valence-electron chi connectivity index (χ1n) is 13.0. The van der Waals surface area contributed by atoms with Crippen molar-refractivity contribution in [3.05, 3.63) is 98.5 Å². The number of carbonyl (C=O) groups is 2. The molecule has 0 aliphatic rings. The molecule has 0 bridgehead atoms. The Morgan fingerprint density at radius 3 is 1.64 bits per heavy atom. The van der Waals surface area contributed by atoms with Gasteiger partial charge in [-0.2, -0.15) is 8.42 Å². The van der Waals surface area contributed by atoms with Crippen LogP contribution in [0.5, 0.6) is 23.0 Å². The molecule has 0 aliphatic carbocycles. The van der Waals surface area contributed by atoms with Crippen molar-refractivity contribution in [2.75, 3.05) is 26.4 Å². The Bertz CT molecular complexity index is 2120. The van der Waals surface area contributed by atoms with E-state index in [1.807, 2.05) is 0 Å². The van der Waals surface area contributed by atoms with Gasteiger partial charge >= 0.3 is 11.9 Å². The van der Waals surface area contributed by atoms with E-state index in [0.717, 1.165) is 18.2 Å². The number of nitrogens with zero attached hydrogens (tertiary/aromatic N) is 4. The first kappa shape index (κ1) is 34.9. The zero-order valence-electron chi connectivity index (χ0n) is 24.3. The average molecular weight is 659 g/mol. The lowest BCUT2D eigenvalue weighted by atomic mass is 10.1. The second kappa shape index (κ2) is 15.4. The van der Waals surface area contributed by atoms with E-state index in [1.165, 1.54) is 18.2 Å². The van der Waals surface area contributed by atoms with Gasteiger partial charge in [-0.15, -0.1) is 0 Å². The predicted octanol–water partition coefficient (Wildman–Crippen LogP) is 2.23. The predicted molar refractivity (Wildman–Crippen MR) is 159 cm³/mol. The molecule has 3 rings (SSSR count). The van der Waals surface area contributed by atoms with Crippen molar-refractivity contribution in [3.8, 4) is 35.1 Å². The van der Waals surface area contributed by atoms with Crippen LogP contribution in [0, 0.1) is 42.7 Å². The summed E-state index contributed by atoms with van der Waals surface area (Å²) in [6, 6.07) is 12.5. The summed E-state index contributed by atoms with van der Waals surface area (Å²) in [4.78, 5) is 30.5. The summed E-state index contributed by atoms with van der Waals surface area (Å²) in [5.41, 5.74) is -0.856. The van der Waals surface area contributed by atoms with E-state index in [9.17, 15) is 43.3 Å². The zero-order valence-corrected chi connectivity index (χ0v) is 25.1.